The summed E-state index contributed by atoms with van der Waals surface area (Å²) in [7, 11) is 0.577. The fourth-order valence-corrected chi connectivity index (χ4v) is 11.1. The van der Waals surface area contributed by atoms with Crippen molar-refractivity contribution in [2.24, 2.45) is 0 Å². The molecule has 2 heterocycles. The number of rotatable bonds is 5. The summed E-state index contributed by atoms with van der Waals surface area (Å²) >= 11 is 1.93. The topological polar surface area (TPSA) is 3.24 Å². The van der Waals surface area contributed by atoms with E-state index in [4.69, 9.17) is 0 Å². The molecule has 0 bridgehead atoms. The number of thiophene rings is 1. The van der Waals surface area contributed by atoms with E-state index >= 15 is 0 Å². The molecule has 11 rings (SSSR count). The summed E-state index contributed by atoms with van der Waals surface area (Å²) in [6, 6.07) is 69.3. The summed E-state index contributed by atoms with van der Waals surface area (Å²) in [6.45, 7) is 0. The van der Waals surface area contributed by atoms with Crippen LogP contribution in [0.4, 0.5) is 17.1 Å². The second-order valence-electron chi connectivity index (χ2n) is 13.8. The van der Waals surface area contributed by atoms with E-state index in [9.17, 15) is 0 Å². The van der Waals surface area contributed by atoms with Gasteiger partial charge in [0.1, 0.15) is 9.52 Å². The van der Waals surface area contributed by atoms with Gasteiger partial charge in [-0.2, -0.15) is 0 Å². The molecule has 2 radical (unpaired) electrons. The first-order valence-electron chi connectivity index (χ1n) is 18.1. The Morgan fingerprint density at radius 3 is 1.89 bits per heavy atom. The van der Waals surface area contributed by atoms with Crippen molar-refractivity contribution in [1.82, 2.24) is 0 Å². The average Bonchev–Trinajstić information content (AvgIpc) is 3.80. The molecule has 1 aliphatic rings. The van der Waals surface area contributed by atoms with Crippen molar-refractivity contribution < 1.29 is 0 Å². The van der Waals surface area contributed by atoms with Gasteiger partial charge in [-0.1, -0.05) is 146 Å². The minimum atomic E-state index is 0.577. The highest BCUT2D eigenvalue weighted by Crippen LogP contribution is 2.43. The molecule has 3 heteroatoms. The lowest BCUT2D eigenvalue weighted by molar-refractivity contribution is 1.29. The molecule has 0 saturated heterocycles. The predicted octanol–water partition coefficient (Wildman–Crippen LogP) is 12.8. The van der Waals surface area contributed by atoms with Crippen LogP contribution in [0.25, 0.3) is 75.1 Å². The van der Waals surface area contributed by atoms with Gasteiger partial charge in [0.25, 0.3) is 0 Å². The van der Waals surface area contributed by atoms with Crippen LogP contribution < -0.4 is 15.3 Å². The van der Waals surface area contributed by atoms with Crippen LogP contribution in [0.5, 0.6) is 0 Å². The van der Waals surface area contributed by atoms with Crippen LogP contribution in [-0.4, -0.2) is 9.52 Å². The second kappa shape index (κ2) is 12.2. The largest absolute Gasteiger partial charge is 0.311 e. The Morgan fingerprint density at radius 1 is 0.415 bits per heavy atom. The summed E-state index contributed by atoms with van der Waals surface area (Å²) < 4.78 is 2.75. The zero-order chi connectivity index (χ0) is 34.9. The Morgan fingerprint density at radius 2 is 1.06 bits per heavy atom. The van der Waals surface area contributed by atoms with Gasteiger partial charge in [0.15, 0.2) is 0 Å². The first-order chi connectivity index (χ1) is 26.3. The monoisotopic (exact) mass is 705 g/mol. The van der Waals surface area contributed by atoms with Crippen LogP contribution in [0.15, 0.2) is 188 Å². The molecular weight excluding hydrogens is 675 g/mol. The lowest BCUT2D eigenvalue weighted by atomic mass is 9.97. The van der Waals surface area contributed by atoms with Crippen LogP contribution in [0.3, 0.4) is 0 Å². The molecule has 53 heavy (non-hydrogen) atoms. The minimum Gasteiger partial charge on any atom is -0.311 e. The number of nitrogens with zero attached hydrogens (tertiary/aromatic N) is 1. The van der Waals surface area contributed by atoms with Gasteiger partial charge in [-0.3, -0.25) is 0 Å². The molecular formula is C50H31NSSi. The lowest BCUT2D eigenvalue weighted by Crippen LogP contribution is -2.27. The van der Waals surface area contributed by atoms with Crippen molar-refractivity contribution in [3.8, 4) is 33.4 Å². The summed E-state index contributed by atoms with van der Waals surface area (Å²) in [6.07, 6.45) is 0. The second-order valence-corrected chi connectivity index (χ2v) is 16.1. The maximum atomic E-state index is 2.47. The van der Waals surface area contributed by atoms with Gasteiger partial charge in [-0.05, 0) is 108 Å². The normalized spacial score (nSPS) is 12.1. The molecule has 0 saturated carbocycles. The van der Waals surface area contributed by atoms with Crippen LogP contribution >= 0.6 is 11.3 Å². The van der Waals surface area contributed by atoms with Crippen LogP contribution in [0.1, 0.15) is 0 Å². The molecule has 0 fully saturated rings. The van der Waals surface area contributed by atoms with Crippen molar-refractivity contribution in [3.63, 3.8) is 0 Å². The Bertz CT molecular complexity index is 3030. The summed E-state index contributed by atoms with van der Waals surface area (Å²) in [5, 5.41) is 10.6. The maximum Gasteiger partial charge on any atom is 0.126 e. The van der Waals surface area contributed by atoms with E-state index in [1.807, 2.05) is 11.3 Å². The molecule has 0 spiro atoms. The third-order valence-electron chi connectivity index (χ3n) is 10.8. The molecule has 9 aromatic carbocycles. The number of anilines is 3. The zero-order valence-corrected chi connectivity index (χ0v) is 30.6. The lowest BCUT2D eigenvalue weighted by Gasteiger charge is -2.28. The van der Waals surface area contributed by atoms with Gasteiger partial charge in [0.2, 0.25) is 0 Å². The van der Waals surface area contributed by atoms with Gasteiger partial charge >= 0.3 is 0 Å². The summed E-state index contributed by atoms with van der Waals surface area (Å²) in [5.74, 6) is 0. The van der Waals surface area contributed by atoms with E-state index in [0.29, 0.717) is 9.52 Å². The molecule has 0 atom stereocenters. The predicted molar refractivity (Wildman–Crippen MR) is 230 cm³/mol. The highest BCUT2D eigenvalue weighted by molar-refractivity contribution is 7.26. The van der Waals surface area contributed by atoms with Crippen molar-refractivity contribution in [1.29, 1.82) is 0 Å². The SMILES string of the molecule is c1cc2c(c(N(c3ccc(-c4ccc5ccccc5c4)cc3)c3ccc(-c4cccc5ccccc45)cc3)c1)[Si]c1ccc3c(sc4ccccc43)c1-2. The van der Waals surface area contributed by atoms with Crippen LogP contribution in [-0.2, 0) is 0 Å². The van der Waals surface area contributed by atoms with E-state index < -0.39 is 0 Å². The molecule has 1 aliphatic heterocycles. The van der Waals surface area contributed by atoms with Gasteiger partial charge in [0, 0.05) is 37.2 Å². The fraction of sp³-hybridized carbons (Fsp3) is 0. The minimum absolute atomic E-state index is 0.577. The van der Waals surface area contributed by atoms with E-state index in [1.165, 1.54) is 91.2 Å². The van der Waals surface area contributed by atoms with Crippen molar-refractivity contribution in [2.45, 2.75) is 0 Å². The van der Waals surface area contributed by atoms with Crippen molar-refractivity contribution in [2.75, 3.05) is 4.90 Å². The Balaban J connectivity index is 1.06. The zero-order valence-electron chi connectivity index (χ0n) is 28.8. The Hall–Kier alpha value is -6.26. The summed E-state index contributed by atoms with van der Waals surface area (Å²) in [4.78, 5) is 2.47. The third-order valence-corrected chi connectivity index (χ3v) is 13.5. The molecule has 10 aromatic rings. The van der Waals surface area contributed by atoms with E-state index in [0.717, 1.165) is 11.4 Å². The van der Waals surface area contributed by atoms with Crippen molar-refractivity contribution in [3.05, 3.63) is 188 Å². The number of hydrogen-bond donors (Lipinski definition) is 0. The quantitative estimate of drug-likeness (QED) is 0.161. The Kier molecular flexibility index (Phi) is 6.97. The first-order valence-corrected chi connectivity index (χ1v) is 19.9. The highest BCUT2D eigenvalue weighted by Gasteiger charge is 2.28. The standard InChI is InChI=1S/C50H31NSSi/c1-2-11-36-31-37(20-19-32(36)9-1)33-21-25-38(26-22-33)51(39-27-23-35(24-28-39)41-15-7-12-34-10-3-4-13-40(34)41)45-17-8-16-44-48-47(53-50(44)45)30-29-43-42-14-5-6-18-46(42)52-49(43)48/h1-31H. The average molecular weight is 706 g/mol. The fourth-order valence-electron chi connectivity index (χ4n) is 8.23. The number of fused-ring (bicyclic) bond motifs is 9. The van der Waals surface area contributed by atoms with Gasteiger partial charge in [-0.15, -0.1) is 11.3 Å². The molecule has 0 amide bonds. The number of benzene rings is 9. The van der Waals surface area contributed by atoms with Crippen molar-refractivity contribution >= 4 is 90.0 Å². The van der Waals surface area contributed by atoms with Gasteiger partial charge < -0.3 is 4.90 Å². The first kappa shape index (κ1) is 30.4. The number of hydrogen-bond acceptors (Lipinski definition) is 2. The molecule has 0 unspecified atom stereocenters. The van der Waals surface area contributed by atoms with E-state index in [1.54, 1.807) is 0 Å². The molecule has 0 N–H and O–H groups in total. The van der Waals surface area contributed by atoms with Crippen LogP contribution in [0, 0.1) is 0 Å². The summed E-state index contributed by atoms with van der Waals surface area (Å²) in [5.41, 5.74) is 11.2. The Labute approximate surface area is 314 Å². The molecule has 1 aromatic heterocycles. The van der Waals surface area contributed by atoms with Gasteiger partial charge in [0.05, 0.1) is 0 Å². The molecule has 0 aliphatic carbocycles. The van der Waals surface area contributed by atoms with E-state index in [2.05, 4.69) is 193 Å². The highest BCUT2D eigenvalue weighted by atomic mass is 32.1. The van der Waals surface area contributed by atoms with E-state index in [-0.39, 0.29) is 0 Å². The maximum absolute atomic E-state index is 2.47. The third kappa shape index (κ3) is 4.97. The molecule has 246 valence electrons. The smallest absolute Gasteiger partial charge is 0.126 e. The van der Waals surface area contributed by atoms with Crippen LogP contribution in [0.2, 0.25) is 0 Å². The van der Waals surface area contributed by atoms with Gasteiger partial charge in [-0.25, -0.2) is 0 Å². The molecule has 1 nitrogen and oxygen atoms in total.